The van der Waals surface area contributed by atoms with Gasteiger partial charge in [0.2, 0.25) is 5.89 Å². The Morgan fingerprint density at radius 3 is 2.76 bits per heavy atom. The molecule has 8 nitrogen and oxygen atoms in total. The third kappa shape index (κ3) is 4.57. The molecule has 4 aromatic rings. The summed E-state index contributed by atoms with van der Waals surface area (Å²) in [5, 5.41) is 0. The second kappa shape index (κ2) is 9.12. The Morgan fingerprint density at radius 1 is 1.24 bits per heavy atom. The van der Waals surface area contributed by atoms with Gasteiger partial charge in [0, 0.05) is 24.2 Å². The van der Waals surface area contributed by atoms with E-state index in [-0.39, 0.29) is 41.8 Å². The van der Waals surface area contributed by atoms with Gasteiger partial charge in [0.15, 0.2) is 12.4 Å². The number of methoxy groups -OCH3 is 1. The van der Waals surface area contributed by atoms with Crippen LogP contribution in [0.15, 0.2) is 53.5 Å². The number of hydrogen-bond acceptors (Lipinski definition) is 7. The fourth-order valence-corrected chi connectivity index (χ4v) is 3.78. The lowest BCUT2D eigenvalue weighted by molar-refractivity contribution is -0.0502. The van der Waals surface area contributed by atoms with Crippen molar-refractivity contribution in [1.82, 2.24) is 14.4 Å². The number of carbonyl (C=O) groups excluding carboxylic acids is 1. The molecule has 0 radical (unpaired) electrons. The first-order valence-electron chi connectivity index (χ1n) is 10.7. The summed E-state index contributed by atoms with van der Waals surface area (Å²) in [4.78, 5) is 21.2. The summed E-state index contributed by atoms with van der Waals surface area (Å²) in [6, 6.07) is 6.52. The second-order valence-corrected chi connectivity index (χ2v) is 7.95. The van der Waals surface area contributed by atoms with Crippen molar-refractivity contribution in [3.8, 4) is 28.5 Å². The van der Waals surface area contributed by atoms with Gasteiger partial charge in [-0.3, -0.25) is 9.20 Å². The lowest BCUT2D eigenvalue weighted by atomic mass is 10.00. The maximum Gasteiger partial charge on any atom is 0.387 e. The Hall–Kier alpha value is -3.95. The SMILES string of the molecule is COc1cc(-c2cnc3cc(OCc4ncco4)ccn23)cc(OC(F)F)c1C(=O)CC1CC1. The highest BCUT2D eigenvalue weighted by Gasteiger charge is 2.29. The normalized spacial score (nSPS) is 13.4. The van der Waals surface area contributed by atoms with Crippen molar-refractivity contribution in [3.05, 3.63) is 60.6 Å². The van der Waals surface area contributed by atoms with E-state index in [0.29, 0.717) is 28.5 Å². The molecule has 1 aliphatic rings. The monoisotopic (exact) mass is 469 g/mol. The van der Waals surface area contributed by atoms with E-state index in [1.54, 1.807) is 35.0 Å². The van der Waals surface area contributed by atoms with Crippen molar-refractivity contribution in [3.63, 3.8) is 0 Å². The Bertz CT molecular complexity index is 1320. The number of alkyl halides is 2. The first kappa shape index (κ1) is 21.9. The molecule has 1 aliphatic carbocycles. The van der Waals surface area contributed by atoms with Gasteiger partial charge in [-0.2, -0.15) is 8.78 Å². The largest absolute Gasteiger partial charge is 0.496 e. The van der Waals surface area contributed by atoms with E-state index in [9.17, 15) is 13.6 Å². The third-order valence-electron chi connectivity index (χ3n) is 5.58. The van der Waals surface area contributed by atoms with E-state index in [1.807, 2.05) is 0 Å². The molecule has 10 heteroatoms. The average molecular weight is 469 g/mol. The molecule has 0 atom stereocenters. The number of Topliss-reactive ketones (excluding diaryl/α,β-unsaturated/α-hetero) is 1. The van der Waals surface area contributed by atoms with Crippen molar-refractivity contribution in [1.29, 1.82) is 0 Å². The highest BCUT2D eigenvalue weighted by Crippen LogP contribution is 2.40. The average Bonchev–Trinajstić information content (AvgIpc) is 3.30. The van der Waals surface area contributed by atoms with Gasteiger partial charge in [0.05, 0.1) is 25.2 Å². The number of fused-ring (bicyclic) bond motifs is 1. The first-order valence-corrected chi connectivity index (χ1v) is 10.7. The van der Waals surface area contributed by atoms with Crippen LogP contribution >= 0.6 is 0 Å². The van der Waals surface area contributed by atoms with Crippen LogP contribution in [0.2, 0.25) is 0 Å². The van der Waals surface area contributed by atoms with Gasteiger partial charge in [-0.15, -0.1) is 0 Å². The zero-order valence-corrected chi connectivity index (χ0v) is 18.2. The zero-order chi connectivity index (χ0) is 23.7. The van der Waals surface area contributed by atoms with Crippen LogP contribution in [0, 0.1) is 5.92 Å². The summed E-state index contributed by atoms with van der Waals surface area (Å²) in [5.41, 5.74) is 1.72. The summed E-state index contributed by atoms with van der Waals surface area (Å²) >= 11 is 0. The molecule has 0 amide bonds. The fourth-order valence-electron chi connectivity index (χ4n) is 3.78. The molecule has 3 heterocycles. The summed E-state index contributed by atoms with van der Waals surface area (Å²) in [6.45, 7) is -2.92. The van der Waals surface area contributed by atoms with Crippen molar-refractivity contribution in [2.24, 2.45) is 5.92 Å². The molecule has 34 heavy (non-hydrogen) atoms. The van der Waals surface area contributed by atoms with E-state index in [1.165, 1.54) is 25.6 Å². The van der Waals surface area contributed by atoms with E-state index in [0.717, 1.165) is 12.8 Å². The quantitative estimate of drug-likeness (QED) is 0.296. The van der Waals surface area contributed by atoms with Gasteiger partial charge in [-0.25, -0.2) is 9.97 Å². The standard InChI is InChI=1S/C24H21F2N3O5/c1-31-19-9-15(10-20(34-24(25)26)23(19)18(30)8-14-2-3-14)17-12-28-21-11-16(4-6-29(17)21)33-13-22-27-5-7-32-22/h4-7,9-12,14,24H,2-3,8,13H2,1H3. The minimum atomic E-state index is -3.09. The van der Waals surface area contributed by atoms with E-state index >= 15 is 0 Å². The molecular formula is C24H21F2N3O5. The maximum atomic E-state index is 13.2. The summed E-state index contributed by atoms with van der Waals surface area (Å²) < 4.78 is 49.2. The number of imidazole rings is 1. The highest BCUT2D eigenvalue weighted by atomic mass is 19.3. The van der Waals surface area contributed by atoms with Crippen molar-refractivity contribution in [2.75, 3.05) is 7.11 Å². The smallest absolute Gasteiger partial charge is 0.387 e. The Morgan fingerprint density at radius 2 is 2.06 bits per heavy atom. The van der Waals surface area contributed by atoms with Crippen LogP contribution in [0.25, 0.3) is 16.9 Å². The number of carbonyl (C=O) groups is 1. The lowest BCUT2D eigenvalue weighted by Gasteiger charge is -2.16. The number of aromatic nitrogens is 3. The number of nitrogens with zero attached hydrogens (tertiary/aromatic N) is 3. The predicted octanol–water partition coefficient (Wildman–Crippen LogP) is 5.16. The van der Waals surface area contributed by atoms with Crippen molar-refractivity contribution >= 4 is 11.4 Å². The topological polar surface area (TPSA) is 88.1 Å². The molecule has 0 bridgehead atoms. The number of ketones is 1. The molecular weight excluding hydrogens is 448 g/mol. The molecule has 0 saturated heterocycles. The van der Waals surface area contributed by atoms with Gasteiger partial charge < -0.3 is 18.6 Å². The first-order chi connectivity index (χ1) is 16.5. The second-order valence-electron chi connectivity index (χ2n) is 7.95. The van der Waals surface area contributed by atoms with E-state index in [4.69, 9.17) is 18.6 Å². The lowest BCUT2D eigenvalue weighted by Crippen LogP contribution is -2.11. The minimum Gasteiger partial charge on any atom is -0.496 e. The van der Waals surface area contributed by atoms with Crippen LogP contribution in [0.3, 0.4) is 0 Å². The number of pyridine rings is 1. The van der Waals surface area contributed by atoms with Crippen molar-refractivity contribution < 1.29 is 32.2 Å². The molecule has 176 valence electrons. The summed E-state index contributed by atoms with van der Waals surface area (Å²) in [7, 11) is 1.39. The molecule has 3 aromatic heterocycles. The number of oxazole rings is 1. The molecule has 1 fully saturated rings. The molecule has 0 N–H and O–H groups in total. The third-order valence-corrected chi connectivity index (χ3v) is 5.58. The number of benzene rings is 1. The molecule has 0 aliphatic heterocycles. The van der Waals surface area contributed by atoms with Gasteiger partial charge >= 0.3 is 6.61 Å². The number of rotatable bonds is 10. The fraction of sp³-hybridized carbons (Fsp3) is 0.292. The maximum absolute atomic E-state index is 13.2. The van der Waals surface area contributed by atoms with E-state index in [2.05, 4.69) is 9.97 Å². The summed E-state index contributed by atoms with van der Waals surface area (Å²) in [5.74, 6) is 0.986. The van der Waals surface area contributed by atoms with Crippen LogP contribution in [0.1, 0.15) is 35.5 Å². The minimum absolute atomic E-state index is 0.0366. The van der Waals surface area contributed by atoms with Gasteiger partial charge in [0.25, 0.3) is 0 Å². The Kier molecular flexibility index (Phi) is 5.87. The molecule has 5 rings (SSSR count). The molecule has 1 saturated carbocycles. The summed E-state index contributed by atoms with van der Waals surface area (Å²) in [6.07, 6.45) is 8.54. The van der Waals surface area contributed by atoms with E-state index < -0.39 is 6.61 Å². The molecule has 0 unspecified atom stereocenters. The van der Waals surface area contributed by atoms with Crippen LogP contribution in [0.4, 0.5) is 8.78 Å². The predicted molar refractivity (Wildman–Crippen MR) is 116 cm³/mol. The molecule has 1 aromatic carbocycles. The van der Waals surface area contributed by atoms with Gasteiger partial charge in [-0.05, 0) is 37.0 Å². The number of ether oxygens (including phenoxy) is 3. The van der Waals surface area contributed by atoms with Crippen LogP contribution < -0.4 is 14.2 Å². The Balaban J connectivity index is 1.49. The van der Waals surface area contributed by atoms with Crippen molar-refractivity contribution in [2.45, 2.75) is 32.5 Å². The van der Waals surface area contributed by atoms with Crippen LogP contribution in [-0.4, -0.2) is 33.9 Å². The van der Waals surface area contributed by atoms with Crippen LogP contribution in [0.5, 0.6) is 17.2 Å². The number of halogens is 2. The highest BCUT2D eigenvalue weighted by molar-refractivity contribution is 6.02. The number of hydrogen-bond donors (Lipinski definition) is 0. The van der Waals surface area contributed by atoms with Gasteiger partial charge in [0.1, 0.15) is 34.7 Å². The Labute approximate surface area is 193 Å². The van der Waals surface area contributed by atoms with Crippen LogP contribution in [-0.2, 0) is 6.61 Å². The zero-order valence-electron chi connectivity index (χ0n) is 18.2. The molecule has 0 spiro atoms. The van der Waals surface area contributed by atoms with Gasteiger partial charge in [-0.1, -0.05) is 0 Å².